The highest BCUT2D eigenvalue weighted by Crippen LogP contribution is 2.17. The van der Waals surface area contributed by atoms with Crippen LogP contribution in [0.5, 0.6) is 0 Å². The highest BCUT2D eigenvalue weighted by molar-refractivity contribution is 9.10. The first-order valence-electron chi connectivity index (χ1n) is 7.47. The van der Waals surface area contributed by atoms with Crippen LogP contribution in [0, 0.1) is 5.82 Å². The number of benzene rings is 1. The van der Waals surface area contributed by atoms with E-state index in [1.807, 2.05) is 0 Å². The summed E-state index contributed by atoms with van der Waals surface area (Å²) in [6.07, 6.45) is 5.87. The number of nitrogens with one attached hydrogen (secondary N) is 1. The van der Waals surface area contributed by atoms with E-state index in [-0.39, 0.29) is 23.7 Å². The number of sulfone groups is 1. The molecule has 0 aliphatic carbocycles. The number of carbonyl (C=O) groups is 1. The number of hydrogen-bond acceptors (Lipinski definition) is 4. The Morgan fingerprint density at radius 3 is 2.80 bits per heavy atom. The summed E-state index contributed by atoms with van der Waals surface area (Å²) in [5, 5.41) is 6.49. The second-order valence-electron chi connectivity index (χ2n) is 5.17. The second-order valence-corrected chi connectivity index (χ2v) is 8.56. The fourth-order valence-electron chi connectivity index (χ4n) is 1.95. The summed E-state index contributed by atoms with van der Waals surface area (Å²) < 4.78 is 38.9. The third-order valence-electron chi connectivity index (χ3n) is 3.35. The van der Waals surface area contributed by atoms with Crippen LogP contribution in [0.4, 0.5) is 4.39 Å². The van der Waals surface area contributed by atoms with E-state index in [1.54, 1.807) is 31.5 Å². The Bertz CT molecular complexity index is 894. The molecule has 2 rings (SSSR count). The largest absolute Gasteiger partial charge is 0.352 e. The van der Waals surface area contributed by atoms with Crippen molar-refractivity contribution in [3.63, 3.8) is 0 Å². The van der Waals surface area contributed by atoms with Gasteiger partial charge in [-0.05, 0) is 39.7 Å². The van der Waals surface area contributed by atoms with Crippen molar-refractivity contribution in [3.8, 4) is 5.69 Å². The third-order valence-corrected chi connectivity index (χ3v) is 5.46. The van der Waals surface area contributed by atoms with Gasteiger partial charge >= 0.3 is 0 Å². The Kier molecular flexibility index (Phi) is 6.49. The number of carbonyl (C=O) groups excluding carboxylic acids is 1. The lowest BCUT2D eigenvalue weighted by atomic mass is 10.2. The van der Waals surface area contributed by atoms with Gasteiger partial charge in [0.15, 0.2) is 9.84 Å². The SMILES string of the molecule is CCS(=O)(=O)CCNC(=O)/C=C/c1ccc(-n2cc(Br)cn2)c(F)c1. The molecular weight excluding hydrogens is 413 g/mol. The van der Waals surface area contributed by atoms with Gasteiger partial charge in [0.25, 0.3) is 0 Å². The summed E-state index contributed by atoms with van der Waals surface area (Å²) in [6.45, 7) is 1.60. The summed E-state index contributed by atoms with van der Waals surface area (Å²) in [7, 11) is -3.12. The topological polar surface area (TPSA) is 81.1 Å². The quantitative estimate of drug-likeness (QED) is 0.684. The average Bonchev–Trinajstić information content (AvgIpc) is 2.99. The van der Waals surface area contributed by atoms with E-state index in [0.717, 1.165) is 4.47 Å². The maximum atomic E-state index is 14.2. The summed E-state index contributed by atoms with van der Waals surface area (Å²) in [5.41, 5.74) is 0.792. The maximum absolute atomic E-state index is 14.2. The molecule has 0 saturated heterocycles. The zero-order valence-corrected chi connectivity index (χ0v) is 15.8. The van der Waals surface area contributed by atoms with Crippen molar-refractivity contribution in [1.82, 2.24) is 15.1 Å². The minimum Gasteiger partial charge on any atom is -0.352 e. The molecule has 2 aromatic rings. The normalized spacial score (nSPS) is 11.8. The highest BCUT2D eigenvalue weighted by Gasteiger charge is 2.08. The van der Waals surface area contributed by atoms with Gasteiger partial charge in [-0.3, -0.25) is 4.79 Å². The van der Waals surface area contributed by atoms with Gasteiger partial charge in [-0.2, -0.15) is 5.10 Å². The predicted octanol–water partition coefficient (Wildman–Crippen LogP) is 2.34. The Morgan fingerprint density at radius 1 is 1.44 bits per heavy atom. The first kappa shape index (κ1) is 19.3. The molecule has 1 heterocycles. The zero-order chi connectivity index (χ0) is 18.4. The summed E-state index contributed by atoms with van der Waals surface area (Å²) in [6, 6.07) is 4.50. The minimum absolute atomic E-state index is 0.0388. The van der Waals surface area contributed by atoms with Crippen molar-refractivity contribution in [2.75, 3.05) is 18.1 Å². The maximum Gasteiger partial charge on any atom is 0.244 e. The van der Waals surface area contributed by atoms with E-state index in [2.05, 4.69) is 26.3 Å². The van der Waals surface area contributed by atoms with Crippen LogP contribution in [-0.2, 0) is 14.6 Å². The molecule has 0 fully saturated rings. The molecule has 0 atom stereocenters. The molecule has 1 aromatic heterocycles. The van der Waals surface area contributed by atoms with Crippen LogP contribution in [-0.4, -0.2) is 42.2 Å². The molecule has 0 spiro atoms. The summed E-state index contributed by atoms with van der Waals surface area (Å²) in [5.74, 6) is -0.984. The molecular formula is C16H17BrFN3O3S. The highest BCUT2D eigenvalue weighted by atomic mass is 79.9. The van der Waals surface area contributed by atoms with Crippen LogP contribution in [0.2, 0.25) is 0 Å². The molecule has 25 heavy (non-hydrogen) atoms. The summed E-state index contributed by atoms with van der Waals surface area (Å²) in [4.78, 5) is 11.7. The van der Waals surface area contributed by atoms with Gasteiger partial charge in [-0.1, -0.05) is 13.0 Å². The van der Waals surface area contributed by atoms with Gasteiger partial charge in [0, 0.05) is 24.6 Å². The second kappa shape index (κ2) is 8.39. The van der Waals surface area contributed by atoms with Gasteiger partial charge in [0.2, 0.25) is 5.91 Å². The molecule has 6 nitrogen and oxygen atoms in total. The summed E-state index contributed by atoms with van der Waals surface area (Å²) >= 11 is 3.25. The smallest absolute Gasteiger partial charge is 0.244 e. The van der Waals surface area contributed by atoms with Crippen LogP contribution in [0.25, 0.3) is 11.8 Å². The van der Waals surface area contributed by atoms with Crippen LogP contribution < -0.4 is 5.32 Å². The van der Waals surface area contributed by atoms with Crippen molar-refractivity contribution in [2.24, 2.45) is 0 Å². The van der Waals surface area contributed by atoms with Gasteiger partial charge in [-0.25, -0.2) is 17.5 Å². The molecule has 9 heteroatoms. The van der Waals surface area contributed by atoms with Gasteiger partial charge in [0.05, 0.1) is 16.4 Å². The molecule has 0 unspecified atom stereocenters. The number of nitrogens with zero attached hydrogens (tertiary/aromatic N) is 2. The van der Waals surface area contributed by atoms with Crippen LogP contribution in [0.1, 0.15) is 12.5 Å². The number of halogens is 2. The van der Waals surface area contributed by atoms with Crippen LogP contribution in [0.15, 0.2) is 41.1 Å². The molecule has 0 aliphatic rings. The van der Waals surface area contributed by atoms with Gasteiger partial charge < -0.3 is 5.32 Å². The molecule has 1 aromatic carbocycles. The Balaban J connectivity index is 1.97. The predicted molar refractivity (Wildman–Crippen MR) is 97.6 cm³/mol. The number of amides is 1. The Labute approximate surface area is 153 Å². The average molecular weight is 430 g/mol. The van der Waals surface area contributed by atoms with E-state index < -0.39 is 21.6 Å². The van der Waals surface area contributed by atoms with Crippen molar-refractivity contribution >= 4 is 37.8 Å². The first-order chi connectivity index (χ1) is 11.8. The van der Waals surface area contributed by atoms with Crippen molar-refractivity contribution in [3.05, 3.63) is 52.5 Å². The molecule has 1 N–H and O–H groups in total. The van der Waals surface area contributed by atoms with Crippen LogP contribution in [0.3, 0.4) is 0 Å². The fourth-order valence-corrected chi connectivity index (χ4v) is 2.94. The van der Waals surface area contributed by atoms with E-state index in [1.165, 1.54) is 22.9 Å². The molecule has 134 valence electrons. The molecule has 0 radical (unpaired) electrons. The van der Waals surface area contributed by atoms with E-state index in [9.17, 15) is 17.6 Å². The molecule has 0 saturated carbocycles. The lowest BCUT2D eigenvalue weighted by molar-refractivity contribution is -0.116. The van der Waals surface area contributed by atoms with Crippen LogP contribution >= 0.6 is 15.9 Å². The van der Waals surface area contributed by atoms with Crippen molar-refractivity contribution in [2.45, 2.75) is 6.92 Å². The third kappa shape index (κ3) is 5.79. The Hall–Kier alpha value is -2.00. The van der Waals surface area contributed by atoms with Crippen molar-refractivity contribution < 1.29 is 17.6 Å². The molecule has 0 bridgehead atoms. The van der Waals surface area contributed by atoms with Crippen molar-refractivity contribution in [1.29, 1.82) is 0 Å². The molecule has 1 amide bonds. The number of aromatic nitrogens is 2. The fraction of sp³-hybridized carbons (Fsp3) is 0.250. The monoisotopic (exact) mass is 429 g/mol. The lowest BCUT2D eigenvalue weighted by Gasteiger charge is -2.04. The lowest BCUT2D eigenvalue weighted by Crippen LogP contribution is -2.28. The number of rotatable bonds is 7. The first-order valence-corrected chi connectivity index (χ1v) is 10.1. The Morgan fingerprint density at radius 2 is 2.20 bits per heavy atom. The zero-order valence-electron chi connectivity index (χ0n) is 13.4. The standard InChI is InChI=1S/C16H17BrFN3O3S/c1-2-25(23,24)8-7-19-16(22)6-4-12-3-5-15(14(18)9-12)21-11-13(17)10-20-21/h3-6,9-11H,2,7-8H2,1H3,(H,19,22)/b6-4+. The van der Waals surface area contributed by atoms with Gasteiger partial charge in [-0.15, -0.1) is 0 Å². The molecule has 0 aliphatic heterocycles. The van der Waals surface area contributed by atoms with E-state index in [4.69, 9.17) is 0 Å². The van der Waals surface area contributed by atoms with E-state index >= 15 is 0 Å². The van der Waals surface area contributed by atoms with Gasteiger partial charge in [0.1, 0.15) is 11.5 Å². The number of hydrogen-bond donors (Lipinski definition) is 1. The van der Waals surface area contributed by atoms with E-state index in [0.29, 0.717) is 5.56 Å². The minimum atomic E-state index is -3.12.